The van der Waals surface area contributed by atoms with Crippen LogP contribution in [0.3, 0.4) is 0 Å². The number of amides is 1. The third-order valence-corrected chi connectivity index (χ3v) is 5.21. The van der Waals surface area contributed by atoms with Crippen molar-refractivity contribution in [2.75, 3.05) is 10.8 Å². The number of nitrogens with two attached hydrogens (primary N) is 1. The van der Waals surface area contributed by atoms with Gasteiger partial charge in [-0.2, -0.15) is 0 Å². The molecule has 122 valence electrons. The van der Waals surface area contributed by atoms with Gasteiger partial charge in [0.2, 0.25) is 0 Å². The monoisotopic (exact) mass is 353 g/mol. The fourth-order valence-electron chi connectivity index (χ4n) is 1.94. The molecule has 3 N–H and O–H groups in total. The molecule has 0 aromatic heterocycles. The van der Waals surface area contributed by atoms with Gasteiger partial charge in [0.25, 0.3) is 15.9 Å². The van der Waals surface area contributed by atoms with Crippen molar-refractivity contribution < 1.29 is 13.2 Å². The lowest BCUT2D eigenvalue weighted by atomic mass is 10.2. The lowest BCUT2D eigenvalue weighted by molar-refractivity contribution is -0.119. The Morgan fingerprint density at radius 2 is 1.70 bits per heavy atom. The first kappa shape index (κ1) is 17.3. The lowest BCUT2D eigenvalue weighted by Gasteiger charge is -2.23. The average molecular weight is 354 g/mol. The Hall–Kier alpha value is -2.09. The van der Waals surface area contributed by atoms with Gasteiger partial charge in [-0.05, 0) is 43.3 Å². The number of nitrogens with zero attached hydrogens (tertiary/aromatic N) is 1. The second-order valence-electron chi connectivity index (χ2n) is 4.87. The molecule has 0 aliphatic heterocycles. The van der Waals surface area contributed by atoms with Crippen LogP contribution in [0.15, 0.2) is 53.4 Å². The summed E-state index contributed by atoms with van der Waals surface area (Å²) >= 11 is 5.83. The molecule has 6 nitrogen and oxygen atoms in total. The van der Waals surface area contributed by atoms with Crippen molar-refractivity contribution in [3.05, 3.63) is 59.1 Å². The number of hydrogen-bond donors (Lipinski definition) is 2. The van der Waals surface area contributed by atoms with Crippen molar-refractivity contribution in [2.45, 2.75) is 11.8 Å². The zero-order chi connectivity index (χ0) is 17.0. The highest BCUT2D eigenvalue weighted by Gasteiger charge is 2.26. The van der Waals surface area contributed by atoms with Crippen molar-refractivity contribution >= 4 is 33.2 Å². The van der Waals surface area contributed by atoms with Gasteiger partial charge in [-0.3, -0.25) is 14.5 Å². The molecular formula is C15H16ClN3O3S. The van der Waals surface area contributed by atoms with E-state index in [0.29, 0.717) is 10.7 Å². The molecule has 0 radical (unpaired) electrons. The van der Waals surface area contributed by atoms with Gasteiger partial charge in [0.1, 0.15) is 6.54 Å². The Morgan fingerprint density at radius 3 is 2.22 bits per heavy atom. The predicted molar refractivity (Wildman–Crippen MR) is 89.5 cm³/mol. The fourth-order valence-corrected chi connectivity index (χ4v) is 3.48. The summed E-state index contributed by atoms with van der Waals surface area (Å²) in [6.45, 7) is 1.42. The van der Waals surface area contributed by atoms with Crippen LogP contribution in [0.25, 0.3) is 0 Å². The number of halogens is 1. The lowest BCUT2D eigenvalue weighted by Crippen LogP contribution is -2.43. The summed E-state index contributed by atoms with van der Waals surface area (Å²) in [4.78, 5) is 11.7. The van der Waals surface area contributed by atoms with E-state index in [9.17, 15) is 13.2 Å². The maximum atomic E-state index is 12.9. The third kappa shape index (κ3) is 4.01. The van der Waals surface area contributed by atoms with Crippen molar-refractivity contribution in [1.29, 1.82) is 0 Å². The molecular weight excluding hydrogens is 338 g/mol. The van der Waals surface area contributed by atoms with E-state index in [-0.39, 0.29) is 4.90 Å². The number of anilines is 1. The van der Waals surface area contributed by atoms with Crippen LogP contribution in [-0.2, 0) is 14.8 Å². The largest absolute Gasteiger partial charge is 0.293 e. The van der Waals surface area contributed by atoms with E-state index in [0.717, 1.165) is 9.87 Å². The van der Waals surface area contributed by atoms with E-state index in [2.05, 4.69) is 0 Å². The summed E-state index contributed by atoms with van der Waals surface area (Å²) in [6, 6.07) is 12.5. The van der Waals surface area contributed by atoms with Crippen molar-refractivity contribution in [2.24, 2.45) is 5.84 Å². The van der Waals surface area contributed by atoms with Crippen LogP contribution >= 0.6 is 11.6 Å². The first-order valence-corrected chi connectivity index (χ1v) is 8.51. The number of nitrogens with one attached hydrogen (secondary N) is 1. The van der Waals surface area contributed by atoms with Crippen LogP contribution in [0.5, 0.6) is 0 Å². The molecule has 0 aliphatic carbocycles. The summed E-state index contributed by atoms with van der Waals surface area (Å²) < 4.78 is 26.7. The first-order chi connectivity index (χ1) is 10.8. The third-order valence-electron chi connectivity index (χ3n) is 3.17. The van der Waals surface area contributed by atoms with E-state index in [1.807, 2.05) is 12.3 Å². The minimum absolute atomic E-state index is 0.0860. The molecule has 23 heavy (non-hydrogen) atoms. The van der Waals surface area contributed by atoms with Crippen LogP contribution in [0.4, 0.5) is 5.69 Å². The Morgan fingerprint density at radius 1 is 1.13 bits per heavy atom. The van der Waals surface area contributed by atoms with Gasteiger partial charge in [0.15, 0.2) is 0 Å². The molecule has 0 saturated carbocycles. The Labute approximate surface area is 139 Å². The average Bonchev–Trinajstić information content (AvgIpc) is 2.53. The molecule has 0 saturated heterocycles. The van der Waals surface area contributed by atoms with Gasteiger partial charge in [-0.25, -0.2) is 14.3 Å². The molecule has 1 amide bonds. The second-order valence-corrected chi connectivity index (χ2v) is 7.17. The van der Waals surface area contributed by atoms with Crippen LogP contribution < -0.4 is 15.6 Å². The molecule has 0 heterocycles. The Balaban J connectivity index is 2.49. The fraction of sp³-hybridized carbons (Fsp3) is 0.133. The number of hydrogen-bond acceptors (Lipinski definition) is 4. The standard InChI is InChI=1S/C15H16ClN3O3S/c1-11-2-8-14(9-3-11)23(21,22)19(10-15(20)18-17)13-6-4-12(16)5-7-13/h2-9H,10,17H2,1H3,(H,18,20). The molecule has 0 spiro atoms. The number of sulfonamides is 1. The van der Waals surface area contributed by atoms with E-state index < -0.39 is 22.5 Å². The summed E-state index contributed by atoms with van der Waals surface area (Å²) in [5.74, 6) is 4.45. The van der Waals surface area contributed by atoms with Crippen LogP contribution in [0.1, 0.15) is 5.56 Å². The van der Waals surface area contributed by atoms with Crippen molar-refractivity contribution in [3.8, 4) is 0 Å². The van der Waals surface area contributed by atoms with Gasteiger partial charge >= 0.3 is 0 Å². The normalized spacial score (nSPS) is 11.1. The van der Waals surface area contributed by atoms with E-state index in [1.165, 1.54) is 24.3 Å². The Bertz CT molecular complexity index is 790. The summed E-state index contributed by atoms with van der Waals surface area (Å²) in [5.41, 5.74) is 3.19. The maximum absolute atomic E-state index is 12.9. The molecule has 0 bridgehead atoms. The number of carbonyl (C=O) groups excluding carboxylic acids is 1. The zero-order valence-electron chi connectivity index (χ0n) is 12.4. The zero-order valence-corrected chi connectivity index (χ0v) is 13.9. The SMILES string of the molecule is Cc1ccc(S(=O)(=O)N(CC(=O)NN)c2ccc(Cl)cc2)cc1. The number of rotatable bonds is 5. The van der Waals surface area contributed by atoms with Gasteiger partial charge in [0.05, 0.1) is 10.6 Å². The van der Waals surface area contributed by atoms with Crippen molar-refractivity contribution in [1.82, 2.24) is 5.43 Å². The molecule has 8 heteroatoms. The van der Waals surface area contributed by atoms with Crippen LogP contribution in [0.2, 0.25) is 5.02 Å². The van der Waals surface area contributed by atoms with Crippen LogP contribution in [0, 0.1) is 6.92 Å². The van der Waals surface area contributed by atoms with Gasteiger partial charge < -0.3 is 0 Å². The highest BCUT2D eigenvalue weighted by molar-refractivity contribution is 7.92. The molecule has 2 aromatic rings. The molecule has 0 unspecified atom stereocenters. The molecule has 2 rings (SSSR count). The smallest absolute Gasteiger partial charge is 0.264 e. The minimum atomic E-state index is -3.92. The predicted octanol–water partition coefficient (Wildman–Crippen LogP) is 1.83. The van der Waals surface area contributed by atoms with Crippen LogP contribution in [-0.4, -0.2) is 20.9 Å². The number of benzene rings is 2. The molecule has 2 aromatic carbocycles. The second kappa shape index (κ2) is 6.99. The summed E-state index contributed by atoms with van der Waals surface area (Å²) in [5, 5.41) is 0.463. The minimum Gasteiger partial charge on any atom is -0.293 e. The van der Waals surface area contributed by atoms with Gasteiger partial charge in [0, 0.05) is 5.02 Å². The van der Waals surface area contributed by atoms with Gasteiger partial charge in [-0.15, -0.1) is 0 Å². The summed E-state index contributed by atoms with van der Waals surface area (Å²) in [6.07, 6.45) is 0. The molecule has 0 aliphatic rings. The quantitative estimate of drug-likeness (QED) is 0.487. The number of carbonyl (C=O) groups is 1. The van der Waals surface area contributed by atoms with Gasteiger partial charge in [-0.1, -0.05) is 29.3 Å². The van der Waals surface area contributed by atoms with E-state index in [1.54, 1.807) is 24.3 Å². The molecule has 0 atom stereocenters. The first-order valence-electron chi connectivity index (χ1n) is 6.69. The molecule has 0 fully saturated rings. The highest BCUT2D eigenvalue weighted by atomic mass is 35.5. The van der Waals surface area contributed by atoms with E-state index >= 15 is 0 Å². The van der Waals surface area contributed by atoms with E-state index in [4.69, 9.17) is 17.4 Å². The maximum Gasteiger partial charge on any atom is 0.264 e. The van der Waals surface area contributed by atoms with Crippen molar-refractivity contribution in [3.63, 3.8) is 0 Å². The Kier molecular flexibility index (Phi) is 5.25. The number of aryl methyl sites for hydroxylation is 1. The highest BCUT2D eigenvalue weighted by Crippen LogP contribution is 2.25. The summed E-state index contributed by atoms with van der Waals surface area (Å²) in [7, 11) is -3.92. The number of hydrazine groups is 1. The topological polar surface area (TPSA) is 92.5 Å².